The van der Waals surface area contributed by atoms with Crippen molar-refractivity contribution in [1.82, 2.24) is 10.2 Å². The minimum Gasteiger partial charge on any atom is -0.443 e. The van der Waals surface area contributed by atoms with Gasteiger partial charge in [-0.05, 0) is 0 Å². The third kappa shape index (κ3) is 1.97. The van der Waals surface area contributed by atoms with Gasteiger partial charge in [-0.2, -0.15) is 0 Å². The van der Waals surface area contributed by atoms with Crippen LogP contribution in [-0.2, 0) is 4.74 Å². The molecule has 0 aromatic rings. The lowest BCUT2D eigenvalue weighted by Gasteiger charge is -2.17. The topological polar surface area (TPSA) is 82.0 Å². The number of nitrogens with one attached hydrogen (secondary N) is 1. The zero-order valence-electron chi connectivity index (χ0n) is 7.72. The van der Waals surface area contributed by atoms with E-state index in [0.717, 1.165) is 0 Å². The first-order chi connectivity index (χ1) is 6.65. The van der Waals surface area contributed by atoms with E-state index in [2.05, 4.69) is 5.32 Å². The van der Waals surface area contributed by atoms with Crippen LogP contribution in [0.15, 0.2) is 0 Å². The molecule has 3 atom stereocenters. The highest BCUT2D eigenvalue weighted by Gasteiger charge is 2.33. The molecule has 3 N–H and O–H groups in total. The lowest BCUT2D eigenvalue weighted by Crippen LogP contribution is -2.33. The van der Waals surface area contributed by atoms with Crippen LogP contribution in [0, 0.1) is 0 Å². The number of carbonyl (C=O) groups excluding carboxylic acids is 1. The van der Waals surface area contributed by atoms with Crippen molar-refractivity contribution < 1.29 is 19.7 Å². The quantitative estimate of drug-likeness (QED) is 0.489. The van der Waals surface area contributed by atoms with Crippen LogP contribution in [0.4, 0.5) is 4.79 Å². The van der Waals surface area contributed by atoms with Crippen molar-refractivity contribution in [2.45, 2.75) is 18.3 Å². The summed E-state index contributed by atoms with van der Waals surface area (Å²) < 4.78 is 4.94. The van der Waals surface area contributed by atoms with Crippen molar-refractivity contribution in [3.8, 4) is 0 Å². The summed E-state index contributed by atoms with van der Waals surface area (Å²) in [5.41, 5.74) is 0. The second kappa shape index (κ2) is 3.72. The Morgan fingerprint density at radius 2 is 2.07 bits per heavy atom. The second-order valence-electron chi connectivity index (χ2n) is 3.76. The summed E-state index contributed by atoms with van der Waals surface area (Å²) in [5.74, 6) is 0. The second-order valence-corrected chi connectivity index (χ2v) is 3.76. The molecule has 6 heteroatoms. The van der Waals surface area contributed by atoms with E-state index in [4.69, 9.17) is 4.74 Å². The number of alkyl carbamates (subject to hydrolysis) is 1. The van der Waals surface area contributed by atoms with E-state index in [-0.39, 0.29) is 6.10 Å². The Morgan fingerprint density at radius 1 is 1.43 bits per heavy atom. The van der Waals surface area contributed by atoms with E-state index in [9.17, 15) is 15.0 Å². The molecular formula is C8H14N2O4. The molecule has 1 unspecified atom stereocenters. The minimum atomic E-state index is -0.680. The maximum atomic E-state index is 10.7. The van der Waals surface area contributed by atoms with E-state index >= 15 is 0 Å². The van der Waals surface area contributed by atoms with Crippen molar-refractivity contribution in [1.29, 1.82) is 0 Å². The Balaban J connectivity index is 1.79. The van der Waals surface area contributed by atoms with Gasteiger partial charge in [0.05, 0.1) is 18.8 Å². The molecule has 2 aliphatic heterocycles. The molecule has 80 valence electrons. The first-order valence-electron chi connectivity index (χ1n) is 4.68. The number of hydrogen-bond donors (Lipinski definition) is 3. The van der Waals surface area contributed by atoms with Gasteiger partial charge < -0.3 is 20.3 Å². The first kappa shape index (κ1) is 9.70. The molecule has 2 heterocycles. The molecule has 0 aromatic carbocycles. The van der Waals surface area contributed by atoms with Gasteiger partial charge in [0, 0.05) is 19.6 Å². The molecule has 0 aromatic heterocycles. The third-order valence-corrected chi connectivity index (χ3v) is 2.54. The fourth-order valence-electron chi connectivity index (χ4n) is 1.82. The molecule has 0 aliphatic carbocycles. The van der Waals surface area contributed by atoms with E-state index in [1.165, 1.54) is 0 Å². The van der Waals surface area contributed by atoms with Crippen LogP contribution < -0.4 is 5.32 Å². The number of nitrogens with zero attached hydrogens (tertiary/aromatic N) is 1. The van der Waals surface area contributed by atoms with Gasteiger partial charge in [0.15, 0.2) is 0 Å². The molecular weight excluding hydrogens is 188 g/mol. The zero-order chi connectivity index (χ0) is 10.1. The fraction of sp³-hybridized carbons (Fsp3) is 0.875. The summed E-state index contributed by atoms with van der Waals surface area (Å²) in [4.78, 5) is 12.6. The van der Waals surface area contributed by atoms with Crippen molar-refractivity contribution >= 4 is 6.09 Å². The van der Waals surface area contributed by atoms with E-state index < -0.39 is 18.3 Å². The molecule has 0 radical (unpaired) electrons. The van der Waals surface area contributed by atoms with Crippen LogP contribution >= 0.6 is 0 Å². The maximum absolute atomic E-state index is 10.7. The fourth-order valence-corrected chi connectivity index (χ4v) is 1.82. The summed E-state index contributed by atoms with van der Waals surface area (Å²) in [5, 5.41) is 21.1. The standard InChI is InChI=1S/C8H14N2O4/c11-6-3-10(4-7(6)12)2-5-1-9-8(13)14-5/h5-7,11-12H,1-4H2,(H,9,13)/t5?,6-,7+. The Bertz CT molecular complexity index is 225. The van der Waals surface area contributed by atoms with Crippen molar-refractivity contribution in [3.05, 3.63) is 0 Å². The molecule has 14 heavy (non-hydrogen) atoms. The molecule has 2 rings (SSSR count). The Morgan fingerprint density at radius 3 is 2.57 bits per heavy atom. The summed E-state index contributed by atoms with van der Waals surface area (Å²) >= 11 is 0. The van der Waals surface area contributed by atoms with E-state index in [1.807, 2.05) is 4.90 Å². The number of aliphatic hydroxyl groups is 2. The Hall–Kier alpha value is -0.850. The smallest absolute Gasteiger partial charge is 0.407 e. The number of amides is 1. The first-order valence-corrected chi connectivity index (χ1v) is 4.68. The van der Waals surface area contributed by atoms with Gasteiger partial charge in [0.2, 0.25) is 0 Å². The number of cyclic esters (lactones) is 1. The summed E-state index contributed by atoms with van der Waals surface area (Å²) in [6.07, 6.45) is -1.92. The molecule has 0 saturated carbocycles. The summed E-state index contributed by atoms with van der Waals surface area (Å²) in [7, 11) is 0. The minimum absolute atomic E-state index is 0.167. The zero-order valence-corrected chi connectivity index (χ0v) is 7.72. The molecule has 6 nitrogen and oxygen atoms in total. The molecule has 2 saturated heterocycles. The highest BCUT2D eigenvalue weighted by Crippen LogP contribution is 2.12. The van der Waals surface area contributed by atoms with Crippen LogP contribution in [-0.4, -0.2) is 65.7 Å². The number of ether oxygens (including phenoxy) is 1. The molecule has 1 amide bonds. The third-order valence-electron chi connectivity index (χ3n) is 2.54. The average molecular weight is 202 g/mol. The number of carbonyl (C=O) groups is 1. The van der Waals surface area contributed by atoms with Crippen LogP contribution in [0.2, 0.25) is 0 Å². The lowest BCUT2D eigenvalue weighted by molar-refractivity contribution is 0.0572. The summed E-state index contributed by atoms with van der Waals surface area (Å²) in [6.45, 7) is 1.94. The van der Waals surface area contributed by atoms with Gasteiger partial charge in [-0.3, -0.25) is 4.90 Å². The average Bonchev–Trinajstić information content (AvgIpc) is 2.62. The Labute approximate surface area is 81.5 Å². The molecule has 0 spiro atoms. The highest BCUT2D eigenvalue weighted by molar-refractivity contribution is 5.69. The summed E-state index contributed by atoms with van der Waals surface area (Å²) in [6, 6.07) is 0. The monoisotopic (exact) mass is 202 g/mol. The molecule has 0 bridgehead atoms. The van der Waals surface area contributed by atoms with Gasteiger partial charge in [0.25, 0.3) is 0 Å². The largest absolute Gasteiger partial charge is 0.443 e. The van der Waals surface area contributed by atoms with E-state index in [1.54, 1.807) is 0 Å². The van der Waals surface area contributed by atoms with Crippen LogP contribution in [0.25, 0.3) is 0 Å². The maximum Gasteiger partial charge on any atom is 0.407 e. The van der Waals surface area contributed by atoms with Gasteiger partial charge in [-0.25, -0.2) is 4.79 Å². The number of aliphatic hydroxyl groups excluding tert-OH is 2. The molecule has 2 fully saturated rings. The number of β-amino-alcohol motifs (C(OH)–C–C–N with tert-alkyl or cyclic N) is 2. The lowest BCUT2D eigenvalue weighted by atomic mass is 10.3. The Kier molecular flexibility index (Phi) is 2.58. The van der Waals surface area contributed by atoms with Crippen LogP contribution in [0.1, 0.15) is 0 Å². The predicted molar refractivity (Wildman–Crippen MR) is 46.7 cm³/mol. The van der Waals surface area contributed by atoms with Crippen LogP contribution in [0.3, 0.4) is 0 Å². The number of likely N-dealkylation sites (tertiary alicyclic amines) is 1. The highest BCUT2D eigenvalue weighted by atomic mass is 16.6. The molecule has 2 aliphatic rings. The van der Waals surface area contributed by atoms with Gasteiger partial charge in [-0.1, -0.05) is 0 Å². The SMILES string of the molecule is O=C1NCC(CN2C[C@@H](O)[C@@H](O)C2)O1. The predicted octanol–water partition coefficient (Wildman–Crippen LogP) is -1.87. The van der Waals surface area contributed by atoms with Crippen molar-refractivity contribution in [3.63, 3.8) is 0 Å². The van der Waals surface area contributed by atoms with Gasteiger partial charge in [0.1, 0.15) is 6.10 Å². The van der Waals surface area contributed by atoms with Gasteiger partial charge in [-0.15, -0.1) is 0 Å². The van der Waals surface area contributed by atoms with Crippen molar-refractivity contribution in [2.24, 2.45) is 0 Å². The van der Waals surface area contributed by atoms with E-state index in [0.29, 0.717) is 26.2 Å². The van der Waals surface area contributed by atoms with Gasteiger partial charge >= 0.3 is 6.09 Å². The normalized spacial score (nSPS) is 38.4. The number of rotatable bonds is 2. The van der Waals surface area contributed by atoms with Crippen molar-refractivity contribution in [2.75, 3.05) is 26.2 Å². The van der Waals surface area contributed by atoms with Crippen LogP contribution in [0.5, 0.6) is 0 Å². The number of hydrogen-bond acceptors (Lipinski definition) is 5.